The molecule has 20 heavy (non-hydrogen) atoms. The molecule has 3 aromatic heterocycles. The molecular weight excluding hydrogens is 280 g/mol. The molecular formula is C10H10N8OS. The van der Waals surface area contributed by atoms with Crippen molar-refractivity contribution in [1.29, 1.82) is 0 Å². The topological polar surface area (TPSA) is 131 Å². The number of rotatable bonds is 3. The number of anilines is 1. The standard InChI is InChI=1S/C10H10N8OS/c11-8-14-6-5(12-3-13-6)7(15-8)20-10-17-16-9(19)18(10)4-1-2-4/h3-4H,1-2H2,(H,16,19)(H3,11,12,13,14,15). The van der Waals surface area contributed by atoms with E-state index in [2.05, 4.69) is 30.1 Å². The summed E-state index contributed by atoms with van der Waals surface area (Å²) in [6, 6.07) is 0.236. The average molecular weight is 290 g/mol. The highest BCUT2D eigenvalue weighted by Gasteiger charge is 2.29. The van der Waals surface area contributed by atoms with Crippen LogP contribution in [0.2, 0.25) is 0 Å². The van der Waals surface area contributed by atoms with Crippen molar-refractivity contribution < 1.29 is 0 Å². The molecule has 3 aromatic rings. The van der Waals surface area contributed by atoms with Crippen molar-refractivity contribution in [3.05, 3.63) is 16.8 Å². The Bertz CT molecular complexity index is 844. The Morgan fingerprint density at radius 3 is 3.05 bits per heavy atom. The summed E-state index contributed by atoms with van der Waals surface area (Å²) in [5, 5.41) is 7.70. The number of H-pyrrole nitrogens is 2. The molecule has 0 aliphatic heterocycles. The number of hydrogen-bond donors (Lipinski definition) is 3. The predicted molar refractivity (Wildman–Crippen MR) is 71.3 cm³/mol. The maximum absolute atomic E-state index is 11.7. The number of nitrogens with zero attached hydrogens (tertiary/aromatic N) is 5. The summed E-state index contributed by atoms with van der Waals surface area (Å²) in [6.07, 6.45) is 3.53. The summed E-state index contributed by atoms with van der Waals surface area (Å²) >= 11 is 1.27. The minimum Gasteiger partial charge on any atom is -0.368 e. The van der Waals surface area contributed by atoms with Crippen molar-refractivity contribution in [3.8, 4) is 0 Å². The van der Waals surface area contributed by atoms with Crippen molar-refractivity contribution in [2.75, 3.05) is 5.73 Å². The maximum atomic E-state index is 11.7. The first-order valence-electron chi connectivity index (χ1n) is 6.04. The van der Waals surface area contributed by atoms with Crippen LogP contribution in [0.3, 0.4) is 0 Å². The van der Waals surface area contributed by atoms with E-state index in [-0.39, 0.29) is 17.7 Å². The number of aromatic nitrogens is 7. The smallest absolute Gasteiger partial charge is 0.344 e. The Hall–Kier alpha value is -2.36. The summed E-state index contributed by atoms with van der Waals surface area (Å²) in [6.45, 7) is 0. The normalized spacial score (nSPS) is 15.0. The Morgan fingerprint density at radius 1 is 1.40 bits per heavy atom. The van der Waals surface area contributed by atoms with Gasteiger partial charge in [0, 0.05) is 6.04 Å². The average Bonchev–Trinajstić information content (AvgIpc) is 3.01. The van der Waals surface area contributed by atoms with Crippen LogP contribution >= 0.6 is 11.8 Å². The van der Waals surface area contributed by atoms with Crippen molar-refractivity contribution in [3.63, 3.8) is 0 Å². The Kier molecular flexibility index (Phi) is 2.33. The molecule has 0 amide bonds. The van der Waals surface area contributed by atoms with Crippen molar-refractivity contribution in [2.45, 2.75) is 29.1 Å². The molecule has 1 aliphatic rings. The van der Waals surface area contributed by atoms with E-state index in [1.165, 1.54) is 18.1 Å². The van der Waals surface area contributed by atoms with Gasteiger partial charge in [-0.15, -0.1) is 5.10 Å². The van der Waals surface area contributed by atoms with E-state index in [9.17, 15) is 4.79 Å². The number of imidazole rings is 1. The molecule has 0 spiro atoms. The van der Waals surface area contributed by atoms with Crippen LogP contribution in [0.25, 0.3) is 11.2 Å². The molecule has 4 rings (SSSR count). The molecule has 3 heterocycles. The van der Waals surface area contributed by atoms with Crippen molar-refractivity contribution >= 4 is 28.9 Å². The highest BCUT2D eigenvalue weighted by molar-refractivity contribution is 7.99. The van der Waals surface area contributed by atoms with Gasteiger partial charge in [-0.25, -0.2) is 19.9 Å². The SMILES string of the molecule is Nc1nc(Sc2n[nH]c(=O)n2C2CC2)c2[nH]cnc2n1. The number of nitrogens with two attached hydrogens (primary N) is 1. The minimum absolute atomic E-state index is 0.142. The molecule has 0 radical (unpaired) electrons. The summed E-state index contributed by atoms with van der Waals surface area (Å²) in [7, 11) is 0. The molecule has 0 bridgehead atoms. The van der Waals surface area contributed by atoms with Gasteiger partial charge in [-0.1, -0.05) is 0 Å². The highest BCUT2D eigenvalue weighted by Crippen LogP contribution is 2.38. The van der Waals surface area contributed by atoms with Crippen molar-refractivity contribution in [2.24, 2.45) is 0 Å². The predicted octanol–water partition coefficient (Wildman–Crippen LogP) is 0.306. The summed E-state index contributed by atoms with van der Waals surface area (Å²) in [5.41, 5.74) is 6.65. The Morgan fingerprint density at radius 2 is 2.25 bits per heavy atom. The van der Waals surface area contributed by atoms with Gasteiger partial charge in [-0.3, -0.25) is 4.57 Å². The third-order valence-electron chi connectivity index (χ3n) is 3.04. The minimum atomic E-state index is -0.196. The van der Waals surface area contributed by atoms with Crippen LogP contribution in [-0.2, 0) is 0 Å². The number of nitrogens with one attached hydrogen (secondary N) is 2. The van der Waals surface area contributed by atoms with E-state index in [0.717, 1.165) is 12.8 Å². The van der Waals surface area contributed by atoms with Gasteiger partial charge in [0.25, 0.3) is 0 Å². The molecule has 102 valence electrons. The van der Waals surface area contributed by atoms with Gasteiger partial charge in [-0.05, 0) is 24.6 Å². The van der Waals surface area contributed by atoms with Crippen LogP contribution in [0, 0.1) is 0 Å². The maximum Gasteiger partial charge on any atom is 0.344 e. The third kappa shape index (κ3) is 1.76. The van der Waals surface area contributed by atoms with E-state index < -0.39 is 0 Å². The lowest BCUT2D eigenvalue weighted by molar-refractivity contribution is 0.642. The van der Waals surface area contributed by atoms with Gasteiger partial charge in [0.1, 0.15) is 10.5 Å². The van der Waals surface area contributed by atoms with Crippen LogP contribution in [0.4, 0.5) is 5.95 Å². The molecule has 1 saturated carbocycles. The largest absolute Gasteiger partial charge is 0.368 e. The number of fused-ring (bicyclic) bond motifs is 1. The van der Waals surface area contributed by atoms with Crippen molar-refractivity contribution in [1.82, 2.24) is 34.7 Å². The molecule has 10 heteroatoms. The molecule has 1 fully saturated rings. The zero-order valence-corrected chi connectivity index (χ0v) is 11.0. The Labute approximate surface area is 116 Å². The summed E-state index contributed by atoms with van der Waals surface area (Å²) in [5.74, 6) is 0.142. The first-order valence-corrected chi connectivity index (χ1v) is 6.85. The number of aromatic amines is 2. The number of nitrogen functional groups attached to an aromatic ring is 1. The molecule has 1 aliphatic carbocycles. The van der Waals surface area contributed by atoms with Gasteiger partial charge in [0.2, 0.25) is 5.95 Å². The second-order valence-corrected chi connectivity index (χ2v) is 5.46. The lowest BCUT2D eigenvalue weighted by Gasteiger charge is -2.03. The second-order valence-electron chi connectivity index (χ2n) is 4.50. The fraction of sp³-hybridized carbons (Fsp3) is 0.300. The summed E-state index contributed by atoms with van der Waals surface area (Å²) in [4.78, 5) is 27.0. The zero-order chi connectivity index (χ0) is 13.7. The second kappa shape index (κ2) is 4.07. The van der Waals surface area contributed by atoms with E-state index in [0.29, 0.717) is 21.3 Å². The quantitative estimate of drug-likeness (QED) is 0.591. The van der Waals surface area contributed by atoms with Crippen LogP contribution in [0.1, 0.15) is 18.9 Å². The van der Waals surface area contributed by atoms with Gasteiger partial charge < -0.3 is 10.7 Å². The van der Waals surface area contributed by atoms with Gasteiger partial charge in [0.05, 0.1) is 6.33 Å². The van der Waals surface area contributed by atoms with Gasteiger partial charge in [0.15, 0.2) is 10.8 Å². The van der Waals surface area contributed by atoms with E-state index in [1.807, 2.05) is 0 Å². The first kappa shape index (κ1) is 11.5. The first-order chi connectivity index (χ1) is 9.72. The fourth-order valence-electron chi connectivity index (χ4n) is 2.00. The lowest BCUT2D eigenvalue weighted by Crippen LogP contribution is -2.16. The summed E-state index contributed by atoms with van der Waals surface area (Å²) < 4.78 is 1.66. The van der Waals surface area contributed by atoms with E-state index in [1.54, 1.807) is 4.57 Å². The molecule has 0 aromatic carbocycles. The fourth-order valence-corrected chi connectivity index (χ4v) is 2.99. The van der Waals surface area contributed by atoms with Crippen LogP contribution in [0.15, 0.2) is 21.3 Å². The monoisotopic (exact) mass is 290 g/mol. The van der Waals surface area contributed by atoms with E-state index in [4.69, 9.17) is 5.73 Å². The van der Waals surface area contributed by atoms with Gasteiger partial charge in [-0.2, -0.15) is 4.98 Å². The molecule has 9 nitrogen and oxygen atoms in total. The van der Waals surface area contributed by atoms with Crippen LogP contribution in [-0.4, -0.2) is 34.7 Å². The lowest BCUT2D eigenvalue weighted by atomic mass is 10.5. The van der Waals surface area contributed by atoms with Crippen LogP contribution in [0.5, 0.6) is 0 Å². The molecule has 0 saturated heterocycles. The zero-order valence-electron chi connectivity index (χ0n) is 10.2. The third-order valence-corrected chi connectivity index (χ3v) is 4.00. The van der Waals surface area contributed by atoms with Crippen LogP contribution < -0.4 is 11.4 Å². The van der Waals surface area contributed by atoms with Gasteiger partial charge >= 0.3 is 5.69 Å². The molecule has 0 unspecified atom stereocenters. The molecule has 4 N–H and O–H groups in total. The molecule has 0 atom stereocenters. The highest BCUT2D eigenvalue weighted by atomic mass is 32.2. The Balaban J connectivity index is 1.81. The van der Waals surface area contributed by atoms with E-state index >= 15 is 0 Å². The number of hydrogen-bond acceptors (Lipinski definition) is 7.